The number of nitrogens with one attached hydrogen (secondary N) is 1. The Kier molecular flexibility index (Phi) is 5.88. The highest BCUT2D eigenvalue weighted by Gasteiger charge is 2.15. The van der Waals surface area contributed by atoms with Gasteiger partial charge in [0.25, 0.3) is 11.6 Å². The zero-order valence-corrected chi connectivity index (χ0v) is 14.3. The number of thiophene rings is 1. The molecule has 0 aliphatic rings. The third-order valence-electron chi connectivity index (χ3n) is 3.17. The van der Waals surface area contributed by atoms with E-state index >= 15 is 0 Å². The van der Waals surface area contributed by atoms with Gasteiger partial charge in [-0.05, 0) is 18.2 Å². The van der Waals surface area contributed by atoms with E-state index in [4.69, 9.17) is 11.6 Å². The minimum atomic E-state index is -0.581. The predicted molar refractivity (Wildman–Crippen MR) is 91.2 cm³/mol. The molecule has 0 saturated heterocycles. The summed E-state index contributed by atoms with van der Waals surface area (Å²) in [7, 11) is 1.62. The Hall–Kier alpha value is -2.45. The number of hydrogen-bond acceptors (Lipinski definition) is 5. The fourth-order valence-corrected chi connectivity index (χ4v) is 3.05. The van der Waals surface area contributed by atoms with Crippen LogP contribution in [-0.2, 0) is 11.3 Å². The van der Waals surface area contributed by atoms with Crippen LogP contribution in [0.2, 0.25) is 4.34 Å². The number of benzene rings is 1. The molecule has 2 amide bonds. The molecule has 9 heteroatoms. The number of non-ortho nitro benzene ring substituents is 1. The van der Waals surface area contributed by atoms with E-state index in [0.717, 1.165) is 10.9 Å². The van der Waals surface area contributed by atoms with E-state index < -0.39 is 10.8 Å². The van der Waals surface area contributed by atoms with Crippen LogP contribution in [0.4, 0.5) is 5.69 Å². The molecule has 1 aromatic carbocycles. The number of carbonyl (C=O) groups excluding carboxylic acids is 2. The highest BCUT2D eigenvalue weighted by atomic mass is 35.5. The lowest BCUT2D eigenvalue weighted by molar-refractivity contribution is -0.384. The molecule has 1 heterocycles. The minimum Gasteiger partial charge on any atom is -0.343 e. The van der Waals surface area contributed by atoms with Crippen LogP contribution in [0.5, 0.6) is 0 Å². The Balaban J connectivity index is 1.89. The monoisotopic (exact) mass is 367 g/mol. The van der Waals surface area contributed by atoms with E-state index in [1.165, 1.54) is 34.4 Å². The van der Waals surface area contributed by atoms with Gasteiger partial charge in [0, 0.05) is 29.6 Å². The fourth-order valence-electron chi connectivity index (χ4n) is 1.91. The largest absolute Gasteiger partial charge is 0.343 e. The van der Waals surface area contributed by atoms with Crippen LogP contribution in [0.1, 0.15) is 15.2 Å². The van der Waals surface area contributed by atoms with Crippen molar-refractivity contribution in [1.29, 1.82) is 0 Å². The first-order chi connectivity index (χ1) is 11.4. The number of nitro benzene ring substituents is 1. The third-order valence-corrected chi connectivity index (χ3v) is 4.38. The molecule has 0 saturated carbocycles. The second kappa shape index (κ2) is 7.89. The van der Waals surface area contributed by atoms with Gasteiger partial charge in [-0.2, -0.15) is 0 Å². The van der Waals surface area contributed by atoms with Crippen molar-refractivity contribution < 1.29 is 14.5 Å². The van der Waals surface area contributed by atoms with Gasteiger partial charge in [-0.25, -0.2) is 0 Å². The van der Waals surface area contributed by atoms with E-state index in [1.54, 1.807) is 13.1 Å². The second-order valence-electron chi connectivity index (χ2n) is 4.95. The number of halogens is 1. The highest BCUT2D eigenvalue weighted by Crippen LogP contribution is 2.22. The molecule has 0 unspecified atom stereocenters. The van der Waals surface area contributed by atoms with Crippen LogP contribution in [-0.4, -0.2) is 35.2 Å². The third kappa shape index (κ3) is 4.77. The van der Waals surface area contributed by atoms with Gasteiger partial charge in [-0.15, -0.1) is 11.3 Å². The molecule has 24 heavy (non-hydrogen) atoms. The summed E-state index contributed by atoms with van der Waals surface area (Å²) < 4.78 is 0.643. The summed E-state index contributed by atoms with van der Waals surface area (Å²) >= 11 is 7.22. The Morgan fingerprint density at radius 1 is 1.33 bits per heavy atom. The van der Waals surface area contributed by atoms with E-state index in [1.807, 2.05) is 6.07 Å². The van der Waals surface area contributed by atoms with Crippen LogP contribution < -0.4 is 5.32 Å². The maximum atomic E-state index is 12.0. The van der Waals surface area contributed by atoms with Crippen molar-refractivity contribution in [2.45, 2.75) is 6.54 Å². The average molecular weight is 368 g/mol. The molecule has 0 radical (unpaired) electrons. The zero-order chi connectivity index (χ0) is 17.7. The Morgan fingerprint density at radius 2 is 2.08 bits per heavy atom. The summed E-state index contributed by atoms with van der Waals surface area (Å²) in [6.07, 6.45) is 0. The molecule has 1 N–H and O–H groups in total. The molecule has 2 rings (SSSR count). The molecule has 0 spiro atoms. The van der Waals surface area contributed by atoms with Crippen molar-refractivity contribution >= 4 is 40.4 Å². The average Bonchev–Trinajstić information content (AvgIpc) is 2.97. The molecule has 7 nitrogen and oxygen atoms in total. The molecule has 0 bridgehead atoms. The normalized spacial score (nSPS) is 10.2. The van der Waals surface area contributed by atoms with Gasteiger partial charge in [0.15, 0.2) is 0 Å². The number of nitrogens with zero attached hydrogens (tertiary/aromatic N) is 2. The maximum Gasteiger partial charge on any atom is 0.270 e. The highest BCUT2D eigenvalue weighted by molar-refractivity contribution is 7.16. The fraction of sp³-hybridized carbons (Fsp3) is 0.200. The van der Waals surface area contributed by atoms with E-state index in [2.05, 4.69) is 5.32 Å². The predicted octanol–water partition coefficient (Wildman–Crippen LogP) is 2.70. The van der Waals surface area contributed by atoms with Crippen LogP contribution in [0.15, 0.2) is 36.4 Å². The van der Waals surface area contributed by atoms with Crippen LogP contribution in [0.25, 0.3) is 0 Å². The van der Waals surface area contributed by atoms with Crippen molar-refractivity contribution in [2.75, 3.05) is 13.6 Å². The van der Waals surface area contributed by atoms with E-state index in [9.17, 15) is 19.7 Å². The van der Waals surface area contributed by atoms with Gasteiger partial charge in [0.1, 0.15) is 0 Å². The maximum absolute atomic E-state index is 12.0. The number of nitro groups is 1. The van der Waals surface area contributed by atoms with Crippen LogP contribution in [0, 0.1) is 10.1 Å². The van der Waals surface area contributed by atoms with Gasteiger partial charge >= 0.3 is 0 Å². The van der Waals surface area contributed by atoms with E-state index in [-0.39, 0.29) is 23.7 Å². The van der Waals surface area contributed by atoms with Gasteiger partial charge in [-0.1, -0.05) is 17.7 Å². The molecule has 0 aliphatic carbocycles. The summed E-state index contributed by atoms with van der Waals surface area (Å²) in [5, 5.41) is 13.2. The van der Waals surface area contributed by atoms with Crippen molar-refractivity contribution in [2.24, 2.45) is 0 Å². The Labute approximate surface area is 147 Å². The van der Waals surface area contributed by atoms with Crippen molar-refractivity contribution in [3.63, 3.8) is 0 Å². The SMILES string of the molecule is CN(Cc1ccc(Cl)s1)C(=O)CNC(=O)c1cccc([N+](=O)[O-])c1. The lowest BCUT2D eigenvalue weighted by Crippen LogP contribution is -2.37. The molecular formula is C15H14ClN3O4S. The number of likely N-dealkylation sites (N-methyl/N-ethyl adjacent to an activating group) is 1. The lowest BCUT2D eigenvalue weighted by Gasteiger charge is -2.16. The quantitative estimate of drug-likeness (QED) is 0.627. The molecule has 126 valence electrons. The van der Waals surface area contributed by atoms with Gasteiger partial charge in [0.05, 0.1) is 22.3 Å². The summed E-state index contributed by atoms with van der Waals surface area (Å²) in [6.45, 7) is 0.194. The second-order valence-corrected chi connectivity index (χ2v) is 6.75. The number of rotatable bonds is 6. The van der Waals surface area contributed by atoms with E-state index in [0.29, 0.717) is 10.9 Å². The van der Waals surface area contributed by atoms with Crippen LogP contribution in [0.3, 0.4) is 0 Å². The number of carbonyl (C=O) groups is 2. The van der Waals surface area contributed by atoms with Gasteiger partial charge in [-0.3, -0.25) is 19.7 Å². The molecule has 2 aromatic rings. The summed E-state index contributed by atoms with van der Waals surface area (Å²) in [5.41, 5.74) is -0.0506. The molecule has 0 aliphatic heterocycles. The standard InChI is InChI=1S/C15H14ClN3O4S/c1-18(9-12-5-6-13(16)24-12)14(20)8-17-15(21)10-3-2-4-11(7-10)19(22)23/h2-7H,8-9H2,1H3,(H,17,21). The zero-order valence-electron chi connectivity index (χ0n) is 12.7. The minimum absolute atomic E-state index is 0.129. The first kappa shape index (κ1) is 17.9. The summed E-state index contributed by atoms with van der Waals surface area (Å²) in [5.74, 6) is -0.821. The number of amides is 2. The smallest absolute Gasteiger partial charge is 0.270 e. The first-order valence-electron chi connectivity index (χ1n) is 6.87. The topological polar surface area (TPSA) is 92.6 Å². The van der Waals surface area contributed by atoms with Gasteiger partial charge in [0.2, 0.25) is 5.91 Å². The first-order valence-corrected chi connectivity index (χ1v) is 8.07. The molecule has 1 aromatic heterocycles. The number of hydrogen-bond donors (Lipinski definition) is 1. The van der Waals surface area contributed by atoms with Gasteiger partial charge < -0.3 is 10.2 Å². The van der Waals surface area contributed by atoms with Crippen molar-refractivity contribution in [3.05, 3.63) is 61.3 Å². The van der Waals surface area contributed by atoms with Crippen molar-refractivity contribution in [3.8, 4) is 0 Å². The summed E-state index contributed by atoms with van der Waals surface area (Å²) in [4.78, 5) is 36.6. The van der Waals surface area contributed by atoms with Crippen LogP contribution >= 0.6 is 22.9 Å². The molecular weight excluding hydrogens is 354 g/mol. The molecule has 0 fully saturated rings. The Bertz CT molecular complexity index is 778. The lowest BCUT2D eigenvalue weighted by atomic mass is 10.2. The summed E-state index contributed by atoms with van der Waals surface area (Å²) in [6, 6.07) is 8.91. The Morgan fingerprint density at radius 3 is 2.71 bits per heavy atom. The molecule has 0 atom stereocenters. The van der Waals surface area contributed by atoms with Crippen molar-refractivity contribution in [1.82, 2.24) is 10.2 Å².